The van der Waals surface area contributed by atoms with Crippen molar-refractivity contribution in [2.45, 2.75) is 6.92 Å². The Kier molecular flexibility index (Phi) is 1.29. The molecular weight excluding hydrogens is 160 g/mol. The Morgan fingerprint density at radius 3 is 3.27 bits per heavy atom. The molecule has 0 saturated carbocycles. The third-order valence-electron chi connectivity index (χ3n) is 1.45. The van der Waals surface area contributed by atoms with Crippen LogP contribution >= 0.6 is 11.3 Å². The number of nitrogens with one attached hydrogen (secondary N) is 1. The Hall–Kier alpha value is -1.16. The lowest BCUT2D eigenvalue weighted by molar-refractivity contribution is 1.21. The van der Waals surface area contributed by atoms with Gasteiger partial charge in [0.05, 0.1) is 5.51 Å². The minimum atomic E-state index is 0.0544. The van der Waals surface area contributed by atoms with Crippen LogP contribution in [0.3, 0.4) is 0 Å². The molecule has 0 atom stereocenters. The number of hydrogen-bond donors (Lipinski definition) is 1. The standard InChI is InChI=1S/C7H6N2OS/c1-4-2-5(10)6-7(9-4)8-3-11-6/h2-3H,1H3,(H,9,10). The van der Waals surface area contributed by atoms with Gasteiger partial charge in [0.25, 0.3) is 0 Å². The summed E-state index contributed by atoms with van der Waals surface area (Å²) in [5.74, 6) is 0. The van der Waals surface area contributed by atoms with Gasteiger partial charge in [0.15, 0.2) is 5.65 Å². The van der Waals surface area contributed by atoms with Crippen LogP contribution in [0.5, 0.6) is 0 Å². The molecule has 0 aliphatic carbocycles. The van der Waals surface area contributed by atoms with Gasteiger partial charge in [0.2, 0.25) is 5.43 Å². The first kappa shape index (κ1) is 6.54. The first-order chi connectivity index (χ1) is 5.27. The first-order valence-corrected chi connectivity index (χ1v) is 4.08. The number of rotatable bonds is 0. The number of H-pyrrole nitrogens is 1. The normalized spacial score (nSPS) is 10.6. The van der Waals surface area contributed by atoms with Gasteiger partial charge in [0.1, 0.15) is 4.70 Å². The van der Waals surface area contributed by atoms with Crippen LogP contribution < -0.4 is 5.43 Å². The van der Waals surface area contributed by atoms with E-state index in [4.69, 9.17) is 0 Å². The second-order valence-electron chi connectivity index (χ2n) is 2.35. The quantitative estimate of drug-likeness (QED) is 0.641. The van der Waals surface area contributed by atoms with Crippen molar-refractivity contribution in [1.29, 1.82) is 0 Å². The van der Waals surface area contributed by atoms with E-state index in [2.05, 4.69) is 9.97 Å². The molecule has 0 aromatic carbocycles. The van der Waals surface area contributed by atoms with Crippen molar-refractivity contribution in [2.24, 2.45) is 0 Å². The van der Waals surface area contributed by atoms with Crippen molar-refractivity contribution in [3.8, 4) is 0 Å². The topological polar surface area (TPSA) is 45.8 Å². The van der Waals surface area contributed by atoms with E-state index < -0.39 is 0 Å². The number of aromatic amines is 1. The maximum absolute atomic E-state index is 11.2. The van der Waals surface area contributed by atoms with Crippen molar-refractivity contribution in [3.05, 3.63) is 27.5 Å². The van der Waals surface area contributed by atoms with Crippen molar-refractivity contribution in [3.63, 3.8) is 0 Å². The Bertz CT molecular complexity index is 443. The van der Waals surface area contributed by atoms with E-state index in [9.17, 15) is 4.79 Å². The summed E-state index contributed by atoms with van der Waals surface area (Å²) >= 11 is 1.37. The van der Waals surface area contributed by atoms with Crippen LogP contribution in [-0.2, 0) is 0 Å². The fraction of sp³-hybridized carbons (Fsp3) is 0.143. The molecule has 0 aliphatic rings. The lowest BCUT2D eigenvalue weighted by Gasteiger charge is -1.90. The Balaban J connectivity index is 3.02. The highest BCUT2D eigenvalue weighted by Gasteiger charge is 2.00. The molecule has 0 amide bonds. The highest BCUT2D eigenvalue weighted by Crippen LogP contribution is 2.10. The van der Waals surface area contributed by atoms with Crippen LogP contribution in [-0.4, -0.2) is 9.97 Å². The lowest BCUT2D eigenvalue weighted by atomic mass is 10.4. The van der Waals surface area contributed by atoms with Crippen LogP contribution in [0.25, 0.3) is 10.3 Å². The third kappa shape index (κ3) is 0.952. The summed E-state index contributed by atoms with van der Waals surface area (Å²) in [6.45, 7) is 1.85. The van der Waals surface area contributed by atoms with E-state index in [1.807, 2.05) is 6.92 Å². The van der Waals surface area contributed by atoms with Crippen molar-refractivity contribution in [2.75, 3.05) is 0 Å². The predicted molar refractivity (Wildman–Crippen MR) is 45.0 cm³/mol. The maximum Gasteiger partial charge on any atom is 0.201 e. The van der Waals surface area contributed by atoms with Gasteiger partial charge in [-0.15, -0.1) is 11.3 Å². The van der Waals surface area contributed by atoms with E-state index in [1.165, 1.54) is 11.3 Å². The van der Waals surface area contributed by atoms with Crippen molar-refractivity contribution < 1.29 is 0 Å². The number of hydrogen-bond acceptors (Lipinski definition) is 3. The van der Waals surface area contributed by atoms with Crippen LogP contribution in [0.2, 0.25) is 0 Å². The minimum Gasteiger partial charge on any atom is -0.343 e. The molecule has 1 N–H and O–H groups in total. The molecule has 0 unspecified atom stereocenters. The lowest BCUT2D eigenvalue weighted by Crippen LogP contribution is -2.00. The summed E-state index contributed by atoms with van der Waals surface area (Å²) in [4.78, 5) is 18.2. The Morgan fingerprint density at radius 2 is 2.45 bits per heavy atom. The molecular formula is C7H6N2OS. The molecule has 0 saturated heterocycles. The van der Waals surface area contributed by atoms with Crippen LogP contribution in [0.1, 0.15) is 5.69 Å². The number of fused-ring (bicyclic) bond motifs is 1. The molecule has 0 fully saturated rings. The third-order valence-corrected chi connectivity index (χ3v) is 2.30. The van der Waals surface area contributed by atoms with E-state index >= 15 is 0 Å². The number of nitrogens with zero attached hydrogens (tertiary/aromatic N) is 1. The zero-order chi connectivity index (χ0) is 7.84. The number of aromatic nitrogens is 2. The molecule has 0 spiro atoms. The summed E-state index contributed by atoms with van der Waals surface area (Å²) in [7, 11) is 0. The van der Waals surface area contributed by atoms with E-state index in [0.29, 0.717) is 10.3 Å². The summed E-state index contributed by atoms with van der Waals surface area (Å²) in [6.07, 6.45) is 0. The molecule has 0 bridgehead atoms. The van der Waals surface area contributed by atoms with E-state index in [-0.39, 0.29) is 5.43 Å². The molecule has 3 nitrogen and oxygen atoms in total. The fourth-order valence-corrected chi connectivity index (χ4v) is 1.65. The van der Waals surface area contributed by atoms with Gasteiger partial charge in [-0.2, -0.15) is 0 Å². The largest absolute Gasteiger partial charge is 0.343 e. The molecule has 56 valence electrons. The van der Waals surface area contributed by atoms with Crippen LogP contribution in [0.15, 0.2) is 16.4 Å². The highest BCUT2D eigenvalue weighted by molar-refractivity contribution is 7.16. The molecule has 0 radical (unpaired) electrons. The summed E-state index contributed by atoms with van der Waals surface area (Å²) < 4.78 is 0.704. The average molecular weight is 166 g/mol. The zero-order valence-corrected chi connectivity index (χ0v) is 6.73. The second kappa shape index (κ2) is 2.17. The fourth-order valence-electron chi connectivity index (χ4n) is 0.995. The monoisotopic (exact) mass is 166 g/mol. The SMILES string of the molecule is Cc1cc(=O)c2scnc2[nH]1. The highest BCUT2D eigenvalue weighted by atomic mass is 32.1. The number of aryl methyl sites for hydroxylation is 1. The van der Waals surface area contributed by atoms with Crippen LogP contribution in [0, 0.1) is 6.92 Å². The molecule has 2 rings (SSSR count). The van der Waals surface area contributed by atoms with Gasteiger partial charge >= 0.3 is 0 Å². The van der Waals surface area contributed by atoms with Gasteiger partial charge in [0, 0.05) is 11.8 Å². The molecule has 2 aromatic rings. The Labute approximate surface area is 66.7 Å². The maximum atomic E-state index is 11.2. The zero-order valence-electron chi connectivity index (χ0n) is 5.92. The molecule has 4 heteroatoms. The van der Waals surface area contributed by atoms with Gasteiger partial charge in [-0.3, -0.25) is 4.79 Å². The summed E-state index contributed by atoms with van der Waals surface area (Å²) in [6, 6.07) is 1.58. The first-order valence-electron chi connectivity index (χ1n) is 3.20. The van der Waals surface area contributed by atoms with E-state index in [1.54, 1.807) is 11.6 Å². The summed E-state index contributed by atoms with van der Waals surface area (Å²) in [5.41, 5.74) is 3.27. The molecule has 11 heavy (non-hydrogen) atoms. The van der Waals surface area contributed by atoms with Crippen molar-refractivity contribution in [1.82, 2.24) is 9.97 Å². The van der Waals surface area contributed by atoms with Gasteiger partial charge in [-0.05, 0) is 6.92 Å². The smallest absolute Gasteiger partial charge is 0.201 e. The van der Waals surface area contributed by atoms with Crippen LogP contribution in [0.4, 0.5) is 0 Å². The second-order valence-corrected chi connectivity index (χ2v) is 3.20. The van der Waals surface area contributed by atoms with Gasteiger partial charge < -0.3 is 4.98 Å². The number of pyridine rings is 1. The Morgan fingerprint density at radius 1 is 1.64 bits per heavy atom. The predicted octanol–water partition coefficient (Wildman–Crippen LogP) is 1.29. The molecule has 2 heterocycles. The molecule has 0 aliphatic heterocycles. The van der Waals surface area contributed by atoms with Gasteiger partial charge in [-0.25, -0.2) is 4.98 Å². The molecule has 2 aromatic heterocycles. The van der Waals surface area contributed by atoms with Gasteiger partial charge in [-0.1, -0.05) is 0 Å². The van der Waals surface area contributed by atoms with E-state index in [0.717, 1.165) is 5.69 Å². The van der Waals surface area contributed by atoms with Crippen molar-refractivity contribution >= 4 is 21.7 Å². The minimum absolute atomic E-state index is 0.0544. The number of thiazole rings is 1. The average Bonchev–Trinajstić information content (AvgIpc) is 2.34. The summed E-state index contributed by atoms with van der Waals surface area (Å²) in [5, 5.41) is 0.